The molecule has 1 fully saturated rings. The number of thiazole rings is 1. The SMILES string of the molecule is Cc1c(Cl)ccc2sc(N(Cc3cccnc3)C(=O)C3CCCN3S(=O)(=O)c3ccc(F)cc3)nc12. The third-order valence-electron chi connectivity index (χ3n) is 6.21. The molecule has 36 heavy (non-hydrogen) atoms. The number of fused-ring (bicyclic) bond motifs is 1. The number of aryl methyl sites for hydroxylation is 1. The van der Waals surface area contributed by atoms with Crippen LogP contribution in [-0.2, 0) is 21.4 Å². The first-order valence-corrected chi connectivity index (χ1v) is 13.9. The van der Waals surface area contributed by atoms with Gasteiger partial charge in [0.2, 0.25) is 15.9 Å². The zero-order chi connectivity index (χ0) is 25.4. The highest BCUT2D eigenvalue weighted by Crippen LogP contribution is 2.36. The van der Waals surface area contributed by atoms with Crippen molar-refractivity contribution in [3.63, 3.8) is 0 Å². The number of pyridine rings is 1. The average Bonchev–Trinajstić information content (AvgIpc) is 3.54. The van der Waals surface area contributed by atoms with Crippen molar-refractivity contribution in [1.82, 2.24) is 14.3 Å². The molecular formula is C25H22ClFN4O3S2. The van der Waals surface area contributed by atoms with Crippen molar-refractivity contribution in [2.45, 2.75) is 37.2 Å². The van der Waals surface area contributed by atoms with Gasteiger partial charge in [-0.15, -0.1) is 0 Å². The summed E-state index contributed by atoms with van der Waals surface area (Å²) >= 11 is 7.64. The number of sulfonamides is 1. The maximum absolute atomic E-state index is 14.0. The summed E-state index contributed by atoms with van der Waals surface area (Å²) in [5.41, 5.74) is 2.30. The first kappa shape index (κ1) is 24.8. The molecule has 1 atom stereocenters. The van der Waals surface area contributed by atoms with E-state index in [2.05, 4.69) is 4.98 Å². The van der Waals surface area contributed by atoms with Gasteiger partial charge in [-0.1, -0.05) is 29.0 Å². The van der Waals surface area contributed by atoms with Crippen molar-refractivity contribution in [1.29, 1.82) is 0 Å². The minimum Gasteiger partial charge on any atom is -0.282 e. The van der Waals surface area contributed by atoms with Gasteiger partial charge < -0.3 is 0 Å². The van der Waals surface area contributed by atoms with Crippen molar-refractivity contribution >= 4 is 54.2 Å². The average molecular weight is 545 g/mol. The van der Waals surface area contributed by atoms with Gasteiger partial charge in [0.25, 0.3) is 0 Å². The molecule has 1 aliphatic rings. The Hall–Kier alpha value is -2.92. The van der Waals surface area contributed by atoms with Crippen LogP contribution in [0.1, 0.15) is 24.0 Å². The lowest BCUT2D eigenvalue weighted by atomic mass is 10.2. The van der Waals surface area contributed by atoms with Gasteiger partial charge in [-0.25, -0.2) is 17.8 Å². The molecule has 4 aromatic rings. The molecule has 0 N–H and O–H groups in total. The fraction of sp³-hybridized carbons (Fsp3) is 0.240. The number of amides is 1. The van der Waals surface area contributed by atoms with E-state index in [-0.39, 0.29) is 23.9 Å². The quantitative estimate of drug-likeness (QED) is 0.334. The van der Waals surface area contributed by atoms with E-state index in [4.69, 9.17) is 16.6 Å². The fourth-order valence-corrected chi connectivity index (χ4v) is 7.15. The first-order valence-electron chi connectivity index (χ1n) is 11.3. The Labute approximate surface area is 217 Å². The molecule has 0 bridgehead atoms. The predicted octanol–water partition coefficient (Wildman–Crippen LogP) is 5.18. The van der Waals surface area contributed by atoms with Crippen LogP contribution in [0.5, 0.6) is 0 Å². The van der Waals surface area contributed by atoms with Crippen LogP contribution in [0.3, 0.4) is 0 Å². The number of carbonyl (C=O) groups excluding carboxylic acids is 1. The largest absolute Gasteiger partial charge is 0.282 e. The summed E-state index contributed by atoms with van der Waals surface area (Å²) in [7, 11) is -4.00. The van der Waals surface area contributed by atoms with E-state index in [1.54, 1.807) is 24.5 Å². The molecule has 7 nitrogen and oxygen atoms in total. The number of carbonyl (C=O) groups is 1. The number of rotatable bonds is 6. The second-order valence-electron chi connectivity index (χ2n) is 8.53. The Morgan fingerprint density at radius 3 is 2.72 bits per heavy atom. The molecule has 11 heteroatoms. The summed E-state index contributed by atoms with van der Waals surface area (Å²) in [4.78, 5) is 24.4. The van der Waals surface area contributed by atoms with E-state index in [0.29, 0.717) is 28.5 Å². The molecule has 0 saturated carbocycles. The molecule has 5 rings (SSSR count). The molecular weight excluding hydrogens is 523 g/mol. The van der Waals surface area contributed by atoms with Crippen molar-refractivity contribution in [3.05, 3.63) is 82.9 Å². The van der Waals surface area contributed by atoms with Crippen LogP contribution < -0.4 is 4.90 Å². The maximum Gasteiger partial charge on any atom is 0.247 e. The second kappa shape index (κ2) is 9.85. The van der Waals surface area contributed by atoms with Crippen molar-refractivity contribution in [3.8, 4) is 0 Å². The molecule has 1 unspecified atom stereocenters. The summed E-state index contributed by atoms with van der Waals surface area (Å²) in [6, 6.07) is 11.0. The molecule has 186 valence electrons. The number of benzene rings is 2. The Bertz CT molecular complexity index is 1530. The van der Waals surface area contributed by atoms with Gasteiger partial charge in [-0.05, 0) is 73.4 Å². The Balaban J connectivity index is 1.54. The highest BCUT2D eigenvalue weighted by molar-refractivity contribution is 7.89. The summed E-state index contributed by atoms with van der Waals surface area (Å²) in [6.07, 6.45) is 4.22. The van der Waals surface area contributed by atoms with Gasteiger partial charge >= 0.3 is 0 Å². The Kier molecular flexibility index (Phi) is 6.78. The number of hydrogen-bond donors (Lipinski definition) is 0. The highest BCUT2D eigenvalue weighted by Gasteiger charge is 2.42. The van der Waals surface area contributed by atoms with Crippen molar-refractivity contribution in [2.75, 3.05) is 11.4 Å². The molecule has 0 aliphatic carbocycles. The van der Waals surface area contributed by atoms with Gasteiger partial charge in [-0.2, -0.15) is 4.31 Å². The normalized spacial score (nSPS) is 16.5. The first-order chi connectivity index (χ1) is 17.3. The Morgan fingerprint density at radius 2 is 2.00 bits per heavy atom. The van der Waals surface area contributed by atoms with E-state index in [9.17, 15) is 17.6 Å². The Morgan fingerprint density at radius 1 is 1.22 bits per heavy atom. The summed E-state index contributed by atoms with van der Waals surface area (Å²) < 4.78 is 42.3. The number of nitrogens with zero attached hydrogens (tertiary/aromatic N) is 4. The highest BCUT2D eigenvalue weighted by atomic mass is 35.5. The van der Waals surface area contributed by atoms with E-state index in [1.807, 2.05) is 19.1 Å². The fourth-order valence-electron chi connectivity index (χ4n) is 4.31. The number of aromatic nitrogens is 2. The van der Waals surface area contributed by atoms with Crippen LogP contribution >= 0.6 is 22.9 Å². The van der Waals surface area contributed by atoms with Crippen LogP contribution in [0, 0.1) is 12.7 Å². The molecule has 3 heterocycles. The number of anilines is 1. The third kappa shape index (κ3) is 4.61. The molecule has 2 aromatic carbocycles. The van der Waals surface area contributed by atoms with Crippen molar-refractivity contribution in [2.24, 2.45) is 0 Å². The molecule has 1 aliphatic heterocycles. The second-order valence-corrected chi connectivity index (χ2v) is 11.8. The smallest absolute Gasteiger partial charge is 0.247 e. The van der Waals surface area contributed by atoms with Crippen LogP contribution in [0.2, 0.25) is 5.02 Å². The van der Waals surface area contributed by atoms with Crippen LogP contribution in [-0.4, -0.2) is 41.2 Å². The van der Waals surface area contributed by atoms with E-state index < -0.39 is 21.9 Å². The summed E-state index contributed by atoms with van der Waals surface area (Å²) in [6.45, 7) is 2.25. The predicted molar refractivity (Wildman–Crippen MR) is 138 cm³/mol. The third-order valence-corrected chi connectivity index (χ3v) is 9.58. The zero-order valence-corrected chi connectivity index (χ0v) is 21.7. The van der Waals surface area contributed by atoms with Gasteiger partial charge in [0.15, 0.2) is 5.13 Å². The monoisotopic (exact) mass is 544 g/mol. The number of hydrogen-bond acceptors (Lipinski definition) is 6. The van der Waals surface area contributed by atoms with Crippen molar-refractivity contribution < 1.29 is 17.6 Å². The minimum absolute atomic E-state index is 0.0485. The molecule has 2 aromatic heterocycles. The molecule has 0 radical (unpaired) electrons. The van der Waals surface area contributed by atoms with E-state index in [1.165, 1.54) is 32.7 Å². The molecule has 1 saturated heterocycles. The standard InChI is InChI=1S/C25H22ClFN4O3S2/c1-16-20(26)10-11-22-23(16)29-25(35-22)30(15-17-4-2-12-28-14-17)24(32)21-5-3-13-31(21)36(33,34)19-8-6-18(27)7-9-19/h2,4,6-12,14,21H,3,5,13,15H2,1H3. The lowest BCUT2D eigenvalue weighted by Gasteiger charge is -2.28. The lowest BCUT2D eigenvalue weighted by molar-refractivity contribution is -0.121. The van der Waals surface area contributed by atoms with Crippen LogP contribution in [0.4, 0.5) is 9.52 Å². The topological polar surface area (TPSA) is 83.5 Å². The van der Waals surface area contributed by atoms with E-state index in [0.717, 1.165) is 28.0 Å². The minimum atomic E-state index is -4.00. The summed E-state index contributed by atoms with van der Waals surface area (Å²) in [5.74, 6) is -0.901. The van der Waals surface area contributed by atoms with Gasteiger partial charge in [0.1, 0.15) is 11.9 Å². The molecule has 1 amide bonds. The zero-order valence-electron chi connectivity index (χ0n) is 19.3. The van der Waals surface area contributed by atoms with E-state index >= 15 is 0 Å². The number of halogens is 2. The van der Waals surface area contributed by atoms with Gasteiger partial charge in [-0.3, -0.25) is 14.7 Å². The molecule has 0 spiro atoms. The van der Waals surface area contributed by atoms with Gasteiger partial charge in [0.05, 0.1) is 21.7 Å². The lowest BCUT2D eigenvalue weighted by Crippen LogP contribution is -2.47. The van der Waals surface area contributed by atoms with Gasteiger partial charge in [0, 0.05) is 24.0 Å². The summed E-state index contributed by atoms with van der Waals surface area (Å²) in [5, 5.41) is 1.03. The maximum atomic E-state index is 14.0. The van der Waals surface area contributed by atoms with Crippen LogP contribution in [0.25, 0.3) is 10.2 Å². The van der Waals surface area contributed by atoms with Crippen LogP contribution in [0.15, 0.2) is 65.8 Å².